The number of rotatable bonds is 2. The number of hydrogen-bond donors (Lipinski definition) is 1. The van der Waals surface area contributed by atoms with Crippen molar-refractivity contribution in [3.05, 3.63) is 39.7 Å². The molecule has 0 bridgehead atoms. The van der Waals surface area contributed by atoms with Crippen LogP contribution in [0.4, 0.5) is 10.2 Å². The van der Waals surface area contributed by atoms with Crippen LogP contribution in [0.15, 0.2) is 22.7 Å². The molecule has 0 atom stereocenters. The van der Waals surface area contributed by atoms with Gasteiger partial charge in [0.05, 0.1) is 16.7 Å². The van der Waals surface area contributed by atoms with E-state index in [0.717, 1.165) is 11.3 Å². The van der Waals surface area contributed by atoms with Crippen LogP contribution in [0.25, 0.3) is 0 Å². The summed E-state index contributed by atoms with van der Waals surface area (Å²) in [6.07, 6.45) is 0. The van der Waals surface area contributed by atoms with Crippen LogP contribution in [0.3, 0.4) is 0 Å². The lowest BCUT2D eigenvalue weighted by Crippen LogP contribution is -2.20. The van der Waals surface area contributed by atoms with Crippen LogP contribution in [0.5, 0.6) is 0 Å². The number of anilines is 1. The minimum absolute atomic E-state index is 0.148. The Bertz CT molecular complexity index is 601. The van der Waals surface area contributed by atoms with Gasteiger partial charge in [-0.2, -0.15) is 0 Å². The van der Waals surface area contributed by atoms with Crippen molar-refractivity contribution in [2.45, 2.75) is 32.7 Å². The van der Waals surface area contributed by atoms with Gasteiger partial charge in [0.1, 0.15) is 5.82 Å². The largest absolute Gasteiger partial charge is 0.381 e. The average molecular weight is 327 g/mol. The molecule has 0 fully saturated rings. The fourth-order valence-electron chi connectivity index (χ4n) is 2.02. The Balaban J connectivity index is 2.36. The van der Waals surface area contributed by atoms with E-state index in [9.17, 15) is 4.39 Å². The molecular weight excluding hydrogens is 311 g/mol. The molecule has 1 heterocycles. The molecule has 0 radical (unpaired) electrons. The molecule has 2 rings (SSSR count). The first-order valence-corrected chi connectivity index (χ1v) is 6.71. The second-order valence-electron chi connectivity index (χ2n) is 5.48. The van der Waals surface area contributed by atoms with Gasteiger partial charge in [-0.15, -0.1) is 5.10 Å². The number of aromatic nitrogens is 3. The summed E-state index contributed by atoms with van der Waals surface area (Å²) < 4.78 is 15.4. The Kier molecular flexibility index (Phi) is 3.62. The van der Waals surface area contributed by atoms with E-state index in [1.807, 2.05) is 0 Å². The summed E-state index contributed by atoms with van der Waals surface area (Å²) in [5.74, 6) is 0.159. The molecule has 4 nitrogen and oxygen atoms in total. The second kappa shape index (κ2) is 4.92. The van der Waals surface area contributed by atoms with Crippen molar-refractivity contribution in [3.63, 3.8) is 0 Å². The van der Waals surface area contributed by atoms with E-state index in [1.165, 1.54) is 6.07 Å². The predicted octanol–water partition coefficient (Wildman–Crippen LogP) is 3.11. The molecule has 0 aliphatic rings. The number of nitrogens with two attached hydrogens (primary N) is 1. The van der Waals surface area contributed by atoms with Crippen molar-refractivity contribution < 1.29 is 4.39 Å². The topological polar surface area (TPSA) is 56.7 Å². The highest BCUT2D eigenvalue weighted by Gasteiger charge is 2.24. The van der Waals surface area contributed by atoms with E-state index in [-0.39, 0.29) is 11.2 Å². The van der Waals surface area contributed by atoms with E-state index in [1.54, 1.807) is 16.8 Å². The van der Waals surface area contributed by atoms with Crippen molar-refractivity contribution in [2.75, 3.05) is 5.73 Å². The number of halogens is 2. The average Bonchev–Trinajstić information content (AvgIpc) is 2.64. The van der Waals surface area contributed by atoms with Gasteiger partial charge in [0.2, 0.25) is 0 Å². The first-order chi connectivity index (χ1) is 8.79. The maximum absolute atomic E-state index is 13.2. The van der Waals surface area contributed by atoms with E-state index in [2.05, 4.69) is 47.0 Å². The van der Waals surface area contributed by atoms with E-state index in [0.29, 0.717) is 16.8 Å². The highest BCUT2D eigenvalue weighted by Crippen LogP contribution is 2.27. The third-order valence-electron chi connectivity index (χ3n) is 2.79. The molecule has 0 aliphatic heterocycles. The summed E-state index contributed by atoms with van der Waals surface area (Å²) in [4.78, 5) is 0. The summed E-state index contributed by atoms with van der Waals surface area (Å²) in [5.41, 5.74) is 7.54. The highest BCUT2D eigenvalue weighted by atomic mass is 79.9. The summed E-state index contributed by atoms with van der Waals surface area (Å²) in [5, 5.41) is 7.99. The molecule has 0 spiro atoms. The molecule has 0 amide bonds. The van der Waals surface area contributed by atoms with Gasteiger partial charge in [0, 0.05) is 5.41 Å². The minimum Gasteiger partial charge on any atom is -0.381 e. The zero-order valence-electron chi connectivity index (χ0n) is 11.1. The van der Waals surface area contributed by atoms with E-state index >= 15 is 0 Å². The smallest absolute Gasteiger partial charge is 0.169 e. The van der Waals surface area contributed by atoms with Gasteiger partial charge < -0.3 is 5.73 Å². The minimum atomic E-state index is -0.280. The van der Waals surface area contributed by atoms with Crippen molar-refractivity contribution >= 4 is 21.7 Å². The third-order valence-corrected chi connectivity index (χ3v) is 3.40. The van der Waals surface area contributed by atoms with Gasteiger partial charge in [-0.25, -0.2) is 9.07 Å². The Morgan fingerprint density at radius 3 is 2.63 bits per heavy atom. The normalized spacial score (nSPS) is 11.8. The van der Waals surface area contributed by atoms with Crippen LogP contribution in [0.1, 0.15) is 32.0 Å². The maximum atomic E-state index is 13.2. The Morgan fingerprint density at radius 1 is 1.37 bits per heavy atom. The molecule has 0 saturated heterocycles. The summed E-state index contributed by atoms with van der Waals surface area (Å²) in [6.45, 7) is 6.67. The van der Waals surface area contributed by atoms with Crippen LogP contribution in [-0.2, 0) is 12.0 Å². The fraction of sp³-hybridized carbons (Fsp3) is 0.385. The summed E-state index contributed by atoms with van der Waals surface area (Å²) >= 11 is 3.18. The first-order valence-electron chi connectivity index (χ1n) is 5.92. The molecule has 6 heteroatoms. The quantitative estimate of drug-likeness (QED) is 0.922. The predicted molar refractivity (Wildman–Crippen MR) is 76.3 cm³/mol. The number of hydrogen-bond acceptors (Lipinski definition) is 3. The van der Waals surface area contributed by atoms with E-state index < -0.39 is 0 Å². The lowest BCUT2D eigenvalue weighted by molar-refractivity contribution is 0.502. The van der Waals surface area contributed by atoms with Crippen LogP contribution < -0.4 is 5.73 Å². The van der Waals surface area contributed by atoms with Gasteiger partial charge in [-0.3, -0.25) is 0 Å². The van der Waals surface area contributed by atoms with Crippen molar-refractivity contribution in [1.82, 2.24) is 15.0 Å². The Hall–Kier alpha value is -1.43. The van der Waals surface area contributed by atoms with Crippen molar-refractivity contribution in [1.29, 1.82) is 0 Å². The molecule has 102 valence electrons. The van der Waals surface area contributed by atoms with Gasteiger partial charge in [-0.05, 0) is 33.6 Å². The number of benzene rings is 1. The van der Waals surface area contributed by atoms with Crippen LogP contribution in [-0.4, -0.2) is 15.0 Å². The van der Waals surface area contributed by atoms with Crippen molar-refractivity contribution in [3.8, 4) is 0 Å². The molecule has 2 N–H and O–H groups in total. The molecule has 19 heavy (non-hydrogen) atoms. The standard InChI is InChI=1S/C13H16BrFN4/c1-13(2,3)11-12(16)17-18-19(11)7-8-4-5-10(15)9(14)6-8/h4-6H,7,16H2,1-3H3. The van der Waals surface area contributed by atoms with E-state index in [4.69, 9.17) is 5.73 Å². The monoisotopic (exact) mass is 326 g/mol. The lowest BCUT2D eigenvalue weighted by atomic mass is 9.92. The van der Waals surface area contributed by atoms with Gasteiger partial charge in [0.15, 0.2) is 5.82 Å². The molecule has 0 aliphatic carbocycles. The summed E-state index contributed by atoms with van der Waals surface area (Å²) in [6, 6.07) is 4.89. The zero-order valence-corrected chi connectivity index (χ0v) is 12.7. The lowest BCUT2D eigenvalue weighted by Gasteiger charge is -2.20. The molecule has 1 aromatic carbocycles. The van der Waals surface area contributed by atoms with Crippen LogP contribution in [0.2, 0.25) is 0 Å². The Morgan fingerprint density at radius 2 is 2.05 bits per heavy atom. The maximum Gasteiger partial charge on any atom is 0.169 e. The Labute approximate surface area is 119 Å². The van der Waals surface area contributed by atoms with Gasteiger partial charge >= 0.3 is 0 Å². The third kappa shape index (κ3) is 2.94. The zero-order chi connectivity index (χ0) is 14.2. The molecule has 2 aromatic rings. The molecule has 1 aromatic heterocycles. The second-order valence-corrected chi connectivity index (χ2v) is 6.33. The van der Waals surface area contributed by atoms with Gasteiger partial charge in [0.25, 0.3) is 0 Å². The molecular formula is C13H16BrFN4. The number of nitrogen functional groups attached to an aromatic ring is 1. The first kappa shape index (κ1) is 14.0. The summed E-state index contributed by atoms with van der Waals surface area (Å²) in [7, 11) is 0. The van der Waals surface area contributed by atoms with Crippen LogP contribution >= 0.6 is 15.9 Å². The molecule has 0 saturated carbocycles. The van der Waals surface area contributed by atoms with Gasteiger partial charge in [-0.1, -0.05) is 32.1 Å². The fourth-order valence-corrected chi connectivity index (χ4v) is 2.45. The highest BCUT2D eigenvalue weighted by molar-refractivity contribution is 9.10. The van der Waals surface area contributed by atoms with Crippen molar-refractivity contribution in [2.24, 2.45) is 0 Å². The molecule has 0 unspecified atom stereocenters. The van der Waals surface area contributed by atoms with Crippen LogP contribution in [0, 0.1) is 5.82 Å². The number of nitrogens with zero attached hydrogens (tertiary/aromatic N) is 3. The SMILES string of the molecule is CC(C)(C)c1c(N)nnn1Cc1ccc(F)c(Br)c1.